The zero-order chi connectivity index (χ0) is 11.1. The lowest BCUT2D eigenvalue weighted by Crippen LogP contribution is -2.27. The number of nitrogens with two attached hydrogens (primary N) is 1. The summed E-state index contributed by atoms with van der Waals surface area (Å²) >= 11 is 0. The third-order valence-corrected chi connectivity index (χ3v) is 3.54. The molecule has 3 nitrogen and oxygen atoms in total. The van der Waals surface area contributed by atoms with Crippen LogP contribution in [0.2, 0.25) is 0 Å². The van der Waals surface area contributed by atoms with Gasteiger partial charge in [0.15, 0.2) is 5.76 Å². The fraction of sp³-hybridized carbons (Fsp3) is 0.750. The van der Waals surface area contributed by atoms with Crippen LogP contribution in [0.15, 0.2) is 4.52 Å². The van der Waals surface area contributed by atoms with Crippen LogP contribution in [-0.4, -0.2) is 5.16 Å². The smallest absolute Gasteiger partial charge is 0.153 e. The average molecular weight is 208 g/mol. The summed E-state index contributed by atoms with van der Waals surface area (Å²) in [6.07, 6.45) is 3.34. The summed E-state index contributed by atoms with van der Waals surface area (Å²) < 4.78 is 5.25. The largest absolute Gasteiger partial charge is 0.359 e. The van der Waals surface area contributed by atoms with Crippen molar-refractivity contribution < 1.29 is 4.52 Å². The lowest BCUT2D eigenvalue weighted by Gasteiger charge is -2.33. The van der Waals surface area contributed by atoms with Crippen molar-refractivity contribution in [3.05, 3.63) is 17.0 Å². The number of fused-ring (bicyclic) bond motifs is 1. The second-order valence-corrected chi connectivity index (χ2v) is 5.54. The van der Waals surface area contributed by atoms with E-state index in [-0.39, 0.29) is 0 Å². The highest BCUT2D eigenvalue weighted by atomic mass is 16.5. The highest BCUT2D eigenvalue weighted by molar-refractivity contribution is 5.26. The lowest BCUT2D eigenvalue weighted by molar-refractivity contribution is 0.215. The van der Waals surface area contributed by atoms with Gasteiger partial charge in [-0.2, -0.15) is 0 Å². The molecule has 1 atom stereocenters. The van der Waals surface area contributed by atoms with Crippen molar-refractivity contribution in [3.63, 3.8) is 0 Å². The van der Waals surface area contributed by atoms with E-state index in [2.05, 4.69) is 25.9 Å². The fourth-order valence-electron chi connectivity index (χ4n) is 2.37. The highest BCUT2D eigenvalue weighted by Crippen LogP contribution is 2.37. The second-order valence-electron chi connectivity index (χ2n) is 5.54. The van der Waals surface area contributed by atoms with Crippen LogP contribution in [0.5, 0.6) is 0 Å². The Morgan fingerprint density at radius 2 is 2.20 bits per heavy atom. The molecule has 0 aromatic carbocycles. The maximum Gasteiger partial charge on any atom is 0.153 e. The van der Waals surface area contributed by atoms with Crippen molar-refractivity contribution in [2.75, 3.05) is 0 Å². The van der Waals surface area contributed by atoms with Crippen molar-refractivity contribution in [1.29, 1.82) is 0 Å². The first-order valence-electron chi connectivity index (χ1n) is 5.68. The molecule has 0 spiro atoms. The first-order valence-corrected chi connectivity index (χ1v) is 5.68. The molecule has 1 aliphatic rings. The summed E-state index contributed by atoms with van der Waals surface area (Å²) in [5.41, 5.74) is 8.42. The molecular formula is C12H20N2O. The van der Waals surface area contributed by atoms with Crippen LogP contribution < -0.4 is 5.73 Å². The summed E-state index contributed by atoms with van der Waals surface area (Å²) in [4.78, 5) is 0. The molecule has 2 N–H and O–H groups in total. The SMILES string of the molecule is CC(C)(C)C1CCc2noc(CN)c2C1. The van der Waals surface area contributed by atoms with E-state index in [0.29, 0.717) is 12.0 Å². The summed E-state index contributed by atoms with van der Waals surface area (Å²) in [5.74, 6) is 1.61. The van der Waals surface area contributed by atoms with Crippen molar-refractivity contribution >= 4 is 0 Å². The van der Waals surface area contributed by atoms with Gasteiger partial charge in [0.05, 0.1) is 12.2 Å². The lowest BCUT2D eigenvalue weighted by atomic mass is 9.71. The van der Waals surface area contributed by atoms with Crippen molar-refractivity contribution in [3.8, 4) is 0 Å². The average Bonchev–Trinajstić information content (AvgIpc) is 2.57. The molecule has 0 saturated heterocycles. The van der Waals surface area contributed by atoms with Crippen LogP contribution in [0.1, 0.15) is 44.2 Å². The van der Waals surface area contributed by atoms with Gasteiger partial charge in [0, 0.05) is 5.56 Å². The quantitative estimate of drug-likeness (QED) is 0.770. The Balaban J connectivity index is 2.25. The predicted molar refractivity (Wildman–Crippen MR) is 59.4 cm³/mol. The van der Waals surface area contributed by atoms with E-state index in [9.17, 15) is 0 Å². The van der Waals surface area contributed by atoms with Gasteiger partial charge in [0.1, 0.15) is 0 Å². The van der Waals surface area contributed by atoms with E-state index in [1.54, 1.807) is 0 Å². The van der Waals surface area contributed by atoms with Crippen LogP contribution >= 0.6 is 0 Å². The van der Waals surface area contributed by atoms with Crippen LogP contribution in [0, 0.1) is 11.3 Å². The Morgan fingerprint density at radius 1 is 1.47 bits per heavy atom. The van der Waals surface area contributed by atoms with E-state index in [4.69, 9.17) is 10.3 Å². The minimum Gasteiger partial charge on any atom is -0.359 e. The summed E-state index contributed by atoms with van der Waals surface area (Å²) in [5, 5.41) is 4.09. The van der Waals surface area contributed by atoms with Gasteiger partial charge in [0.2, 0.25) is 0 Å². The normalized spacial score (nSPS) is 21.5. The van der Waals surface area contributed by atoms with Gasteiger partial charge in [-0.3, -0.25) is 0 Å². The molecule has 0 aliphatic heterocycles. The molecule has 0 amide bonds. The predicted octanol–water partition coefficient (Wildman–Crippen LogP) is 2.28. The number of hydrogen-bond acceptors (Lipinski definition) is 3. The van der Waals surface area contributed by atoms with Gasteiger partial charge in [-0.05, 0) is 30.6 Å². The molecule has 1 unspecified atom stereocenters. The van der Waals surface area contributed by atoms with E-state index in [1.807, 2.05) is 0 Å². The van der Waals surface area contributed by atoms with E-state index in [1.165, 1.54) is 12.0 Å². The number of aromatic nitrogens is 1. The summed E-state index contributed by atoms with van der Waals surface area (Å²) in [7, 11) is 0. The Labute approximate surface area is 91.0 Å². The first kappa shape index (κ1) is 10.7. The van der Waals surface area contributed by atoms with Gasteiger partial charge in [0.25, 0.3) is 0 Å². The molecule has 2 rings (SSSR count). The molecule has 1 aliphatic carbocycles. The molecule has 3 heteroatoms. The van der Waals surface area contributed by atoms with Crippen LogP contribution in [-0.2, 0) is 19.4 Å². The van der Waals surface area contributed by atoms with Crippen LogP contribution in [0.25, 0.3) is 0 Å². The zero-order valence-corrected chi connectivity index (χ0v) is 9.84. The van der Waals surface area contributed by atoms with Gasteiger partial charge in [-0.15, -0.1) is 0 Å². The molecule has 15 heavy (non-hydrogen) atoms. The minimum atomic E-state index is 0.362. The topological polar surface area (TPSA) is 52.0 Å². The zero-order valence-electron chi connectivity index (χ0n) is 9.84. The standard InChI is InChI=1S/C12H20N2O/c1-12(2,3)8-4-5-10-9(6-8)11(7-13)15-14-10/h8H,4-7,13H2,1-3H3. The molecule has 1 heterocycles. The van der Waals surface area contributed by atoms with Gasteiger partial charge in [-0.25, -0.2) is 0 Å². The molecule has 1 aromatic heterocycles. The molecule has 0 bridgehead atoms. The maximum absolute atomic E-state index is 5.64. The highest BCUT2D eigenvalue weighted by Gasteiger charge is 2.31. The second kappa shape index (κ2) is 3.63. The summed E-state index contributed by atoms with van der Waals surface area (Å²) in [6, 6.07) is 0. The van der Waals surface area contributed by atoms with Crippen molar-refractivity contribution in [2.24, 2.45) is 17.1 Å². The number of nitrogens with zero attached hydrogens (tertiary/aromatic N) is 1. The summed E-state index contributed by atoms with van der Waals surface area (Å²) in [6.45, 7) is 7.38. The van der Waals surface area contributed by atoms with Gasteiger partial charge < -0.3 is 10.3 Å². The molecular weight excluding hydrogens is 188 g/mol. The Kier molecular flexibility index (Phi) is 2.59. The number of hydrogen-bond donors (Lipinski definition) is 1. The van der Waals surface area contributed by atoms with Crippen LogP contribution in [0.3, 0.4) is 0 Å². The van der Waals surface area contributed by atoms with Gasteiger partial charge in [-0.1, -0.05) is 25.9 Å². The third kappa shape index (κ3) is 1.93. The molecule has 0 saturated carbocycles. The molecule has 0 radical (unpaired) electrons. The Hall–Kier alpha value is -0.830. The molecule has 1 aromatic rings. The van der Waals surface area contributed by atoms with Crippen molar-refractivity contribution in [1.82, 2.24) is 5.16 Å². The van der Waals surface area contributed by atoms with Gasteiger partial charge >= 0.3 is 0 Å². The minimum absolute atomic E-state index is 0.362. The molecule has 84 valence electrons. The monoisotopic (exact) mass is 208 g/mol. The number of aryl methyl sites for hydroxylation is 1. The maximum atomic E-state index is 5.64. The Morgan fingerprint density at radius 3 is 2.80 bits per heavy atom. The van der Waals surface area contributed by atoms with E-state index < -0.39 is 0 Å². The Bertz CT molecular complexity index is 335. The van der Waals surface area contributed by atoms with Crippen molar-refractivity contribution in [2.45, 2.75) is 46.6 Å². The number of rotatable bonds is 1. The van der Waals surface area contributed by atoms with Crippen LogP contribution in [0.4, 0.5) is 0 Å². The fourth-order valence-corrected chi connectivity index (χ4v) is 2.37. The van der Waals surface area contributed by atoms with E-state index >= 15 is 0 Å². The van der Waals surface area contributed by atoms with E-state index in [0.717, 1.165) is 30.2 Å². The third-order valence-electron chi connectivity index (χ3n) is 3.54. The molecule has 0 fully saturated rings. The first-order chi connectivity index (χ1) is 7.02.